The lowest BCUT2D eigenvalue weighted by Crippen LogP contribution is -2.18. The lowest BCUT2D eigenvalue weighted by atomic mass is 10.1. The second-order valence-corrected chi connectivity index (χ2v) is 6.72. The van der Waals surface area contributed by atoms with Gasteiger partial charge in [-0.05, 0) is 44.0 Å². The largest absolute Gasteiger partial charge is 0.466 e. The number of ether oxygens (including phenoxy) is 1. The van der Waals surface area contributed by atoms with Crippen LogP contribution >= 0.6 is 0 Å². The molecule has 1 aliphatic rings. The Bertz CT molecular complexity index is 899. The molecule has 1 unspecified atom stereocenters. The number of nitrogens with one attached hydrogen (secondary N) is 1. The van der Waals surface area contributed by atoms with Gasteiger partial charge in [0.1, 0.15) is 11.6 Å². The maximum absolute atomic E-state index is 13.0. The van der Waals surface area contributed by atoms with Crippen molar-refractivity contribution in [2.24, 2.45) is 5.92 Å². The summed E-state index contributed by atoms with van der Waals surface area (Å²) in [7, 11) is 0. The smallest absolute Gasteiger partial charge is 0.416 e. The van der Waals surface area contributed by atoms with E-state index in [9.17, 15) is 18.0 Å². The fraction of sp³-hybridized carbons (Fsp3) is 0.421. The molecule has 6 nitrogen and oxygen atoms in total. The van der Waals surface area contributed by atoms with Crippen molar-refractivity contribution >= 4 is 17.5 Å². The highest BCUT2D eigenvalue weighted by atomic mass is 19.4. The minimum absolute atomic E-state index is 0.0399. The van der Waals surface area contributed by atoms with E-state index in [1.54, 1.807) is 13.8 Å². The van der Waals surface area contributed by atoms with E-state index in [4.69, 9.17) is 10.5 Å². The zero-order valence-electron chi connectivity index (χ0n) is 15.6. The van der Waals surface area contributed by atoms with E-state index >= 15 is 0 Å². The number of halogens is 3. The normalized spacial score (nSPS) is 16.0. The van der Waals surface area contributed by atoms with Crippen LogP contribution in [0, 0.1) is 12.8 Å². The van der Waals surface area contributed by atoms with Crippen molar-refractivity contribution in [3.8, 4) is 0 Å². The van der Waals surface area contributed by atoms with Crippen molar-refractivity contribution in [2.45, 2.75) is 39.4 Å². The number of hydrogen-bond acceptors (Lipinski definition) is 6. The topological polar surface area (TPSA) is 90.1 Å². The van der Waals surface area contributed by atoms with Crippen molar-refractivity contribution in [3.05, 3.63) is 46.4 Å². The SMILES string of the molecule is CCOC(=O)C1Cc2nc(C)nc(NCc3cc(N)cc(C(F)(F)F)c3)c2C1. The van der Waals surface area contributed by atoms with Crippen LogP contribution in [0.25, 0.3) is 0 Å². The molecule has 1 aromatic heterocycles. The van der Waals surface area contributed by atoms with E-state index < -0.39 is 11.7 Å². The fourth-order valence-electron chi connectivity index (χ4n) is 3.33. The van der Waals surface area contributed by atoms with Crippen LogP contribution in [0.1, 0.15) is 35.1 Å². The van der Waals surface area contributed by atoms with Gasteiger partial charge < -0.3 is 15.8 Å². The summed E-state index contributed by atoms with van der Waals surface area (Å²) in [6, 6.07) is 3.44. The van der Waals surface area contributed by atoms with Crippen LogP contribution in [-0.2, 0) is 35.1 Å². The van der Waals surface area contributed by atoms with Crippen LogP contribution in [0.15, 0.2) is 18.2 Å². The van der Waals surface area contributed by atoms with E-state index in [1.165, 1.54) is 6.07 Å². The van der Waals surface area contributed by atoms with Gasteiger partial charge >= 0.3 is 12.1 Å². The van der Waals surface area contributed by atoms with Crippen molar-refractivity contribution in [1.82, 2.24) is 9.97 Å². The van der Waals surface area contributed by atoms with Crippen LogP contribution in [-0.4, -0.2) is 22.5 Å². The number of esters is 1. The molecule has 0 radical (unpaired) electrons. The van der Waals surface area contributed by atoms with E-state index in [1.807, 2.05) is 0 Å². The van der Waals surface area contributed by atoms with Gasteiger partial charge in [0, 0.05) is 24.2 Å². The zero-order chi connectivity index (χ0) is 20.5. The number of nitrogens with two attached hydrogens (primary N) is 1. The zero-order valence-corrected chi connectivity index (χ0v) is 15.6. The first-order chi connectivity index (χ1) is 13.2. The molecule has 150 valence electrons. The number of anilines is 2. The van der Waals surface area contributed by atoms with E-state index in [0.29, 0.717) is 36.7 Å². The highest BCUT2D eigenvalue weighted by Crippen LogP contribution is 2.33. The van der Waals surface area contributed by atoms with Crippen LogP contribution in [0.2, 0.25) is 0 Å². The van der Waals surface area contributed by atoms with Crippen molar-refractivity contribution < 1.29 is 22.7 Å². The van der Waals surface area contributed by atoms with Gasteiger partial charge in [-0.15, -0.1) is 0 Å². The third-order valence-corrected chi connectivity index (χ3v) is 4.52. The summed E-state index contributed by atoms with van der Waals surface area (Å²) >= 11 is 0. The van der Waals surface area contributed by atoms with Crippen molar-refractivity contribution in [1.29, 1.82) is 0 Å². The first kappa shape index (κ1) is 19.9. The molecule has 0 saturated heterocycles. The van der Waals surface area contributed by atoms with Gasteiger partial charge in [-0.2, -0.15) is 13.2 Å². The Hall–Kier alpha value is -2.84. The Balaban J connectivity index is 1.80. The van der Waals surface area contributed by atoms with Crippen molar-refractivity contribution in [3.63, 3.8) is 0 Å². The van der Waals surface area contributed by atoms with Gasteiger partial charge in [0.2, 0.25) is 0 Å². The highest BCUT2D eigenvalue weighted by molar-refractivity contribution is 5.75. The molecule has 1 atom stereocenters. The van der Waals surface area contributed by atoms with Crippen LogP contribution in [0.3, 0.4) is 0 Å². The van der Waals surface area contributed by atoms with E-state index in [-0.39, 0.29) is 24.1 Å². The van der Waals surface area contributed by atoms with Gasteiger partial charge in [0.25, 0.3) is 0 Å². The summed E-state index contributed by atoms with van der Waals surface area (Å²) in [5.74, 6) is 0.435. The summed E-state index contributed by atoms with van der Waals surface area (Å²) in [5.41, 5.74) is 6.80. The average Bonchev–Trinajstić information content (AvgIpc) is 3.02. The number of fused-ring (bicyclic) bond motifs is 1. The molecule has 0 spiro atoms. The Morgan fingerprint density at radius 2 is 2.04 bits per heavy atom. The van der Waals surface area contributed by atoms with E-state index in [2.05, 4.69) is 15.3 Å². The standard InChI is InChI=1S/C19H21F3N4O2/c1-3-28-18(27)12-6-15-16(7-12)25-10(2)26-17(15)24-9-11-4-13(19(20,21)22)8-14(23)5-11/h4-5,8,12H,3,6-7,9,23H2,1-2H3,(H,24,25,26). The molecule has 3 N–H and O–H groups in total. The summed E-state index contributed by atoms with van der Waals surface area (Å²) in [6.45, 7) is 3.89. The van der Waals surface area contributed by atoms with Crippen LogP contribution in [0.4, 0.5) is 24.7 Å². The van der Waals surface area contributed by atoms with E-state index in [0.717, 1.165) is 23.4 Å². The third kappa shape index (κ3) is 4.35. The Morgan fingerprint density at radius 3 is 2.71 bits per heavy atom. The molecule has 0 bridgehead atoms. The highest BCUT2D eigenvalue weighted by Gasteiger charge is 2.33. The molecule has 1 aliphatic carbocycles. The molecule has 2 aromatic rings. The summed E-state index contributed by atoms with van der Waals surface area (Å²) in [5, 5.41) is 3.07. The Kier molecular flexibility index (Phi) is 5.44. The Labute approximate surface area is 160 Å². The second kappa shape index (κ2) is 7.65. The number of aryl methyl sites for hydroxylation is 1. The van der Waals surface area contributed by atoms with Gasteiger partial charge in [-0.25, -0.2) is 9.97 Å². The summed E-state index contributed by atoms with van der Waals surface area (Å²) < 4.78 is 44.0. The summed E-state index contributed by atoms with van der Waals surface area (Å²) in [4.78, 5) is 20.8. The quantitative estimate of drug-likeness (QED) is 0.598. The molecule has 1 heterocycles. The maximum atomic E-state index is 13.0. The number of hydrogen-bond donors (Lipinski definition) is 2. The number of rotatable bonds is 5. The van der Waals surface area contributed by atoms with Gasteiger partial charge in [0.05, 0.1) is 23.8 Å². The average molecular weight is 394 g/mol. The van der Waals surface area contributed by atoms with Gasteiger partial charge in [-0.1, -0.05) is 0 Å². The molecular weight excluding hydrogens is 373 g/mol. The minimum Gasteiger partial charge on any atom is -0.466 e. The lowest BCUT2D eigenvalue weighted by molar-refractivity contribution is -0.147. The number of aromatic nitrogens is 2. The van der Waals surface area contributed by atoms with Gasteiger partial charge in [-0.3, -0.25) is 4.79 Å². The van der Waals surface area contributed by atoms with Crippen molar-refractivity contribution in [2.75, 3.05) is 17.7 Å². The Morgan fingerprint density at radius 1 is 1.29 bits per heavy atom. The number of nitrogen functional groups attached to an aromatic ring is 1. The summed E-state index contributed by atoms with van der Waals surface area (Å²) in [6.07, 6.45) is -3.58. The number of alkyl halides is 3. The molecule has 3 rings (SSSR count). The lowest BCUT2D eigenvalue weighted by Gasteiger charge is -2.13. The molecule has 0 saturated carbocycles. The number of carbonyl (C=O) groups excluding carboxylic acids is 1. The fourth-order valence-corrected chi connectivity index (χ4v) is 3.33. The molecule has 0 amide bonds. The molecule has 9 heteroatoms. The molecule has 28 heavy (non-hydrogen) atoms. The second-order valence-electron chi connectivity index (χ2n) is 6.72. The van der Waals surface area contributed by atoms with Crippen LogP contribution in [0.5, 0.6) is 0 Å². The number of nitrogens with zero attached hydrogens (tertiary/aromatic N) is 2. The van der Waals surface area contributed by atoms with Gasteiger partial charge in [0.15, 0.2) is 0 Å². The maximum Gasteiger partial charge on any atom is 0.416 e. The molecule has 0 aliphatic heterocycles. The number of benzene rings is 1. The minimum atomic E-state index is -4.47. The molecule has 1 aromatic carbocycles. The predicted molar refractivity (Wildman–Crippen MR) is 97.5 cm³/mol. The predicted octanol–water partition coefficient (Wildman–Crippen LogP) is 3.28. The molecular formula is C19H21F3N4O2. The van der Waals surface area contributed by atoms with Crippen LogP contribution < -0.4 is 11.1 Å². The molecule has 0 fully saturated rings. The first-order valence-corrected chi connectivity index (χ1v) is 8.91. The number of carbonyl (C=O) groups is 1. The third-order valence-electron chi connectivity index (χ3n) is 4.52. The first-order valence-electron chi connectivity index (χ1n) is 8.91. The monoisotopic (exact) mass is 394 g/mol.